The zero-order valence-electron chi connectivity index (χ0n) is 14.3. The van der Waals surface area contributed by atoms with Crippen molar-refractivity contribution < 1.29 is 13.2 Å². The molecule has 1 amide bonds. The van der Waals surface area contributed by atoms with Crippen LogP contribution in [0.25, 0.3) is 0 Å². The highest BCUT2D eigenvalue weighted by atomic mass is 32.2. The fraction of sp³-hybridized carbons (Fsp3) is 0.125. The second-order valence-corrected chi connectivity index (χ2v) is 8.24. The van der Waals surface area contributed by atoms with E-state index >= 15 is 0 Å². The quantitative estimate of drug-likeness (QED) is 0.593. The van der Waals surface area contributed by atoms with Crippen molar-refractivity contribution in [2.45, 2.75) is 18.7 Å². The Morgan fingerprint density at radius 2 is 1.85 bits per heavy atom. The van der Waals surface area contributed by atoms with E-state index in [0.717, 1.165) is 11.3 Å². The summed E-state index contributed by atoms with van der Waals surface area (Å²) in [5.74, 6) is -0.469. The molecule has 0 spiro atoms. The van der Waals surface area contributed by atoms with Crippen LogP contribution in [0, 0.1) is 13.8 Å². The monoisotopic (exact) mass is 405 g/mol. The van der Waals surface area contributed by atoms with E-state index < -0.39 is 15.9 Å². The van der Waals surface area contributed by atoms with E-state index in [1.54, 1.807) is 19.9 Å². The van der Waals surface area contributed by atoms with Crippen molar-refractivity contribution in [1.82, 2.24) is 15.0 Å². The Morgan fingerprint density at radius 3 is 2.44 bits per heavy atom. The molecule has 0 radical (unpaired) electrons. The second-order valence-electron chi connectivity index (χ2n) is 5.57. The van der Waals surface area contributed by atoms with Gasteiger partial charge >= 0.3 is 4.87 Å². The van der Waals surface area contributed by atoms with E-state index in [-0.39, 0.29) is 20.6 Å². The Balaban J connectivity index is 1.75. The summed E-state index contributed by atoms with van der Waals surface area (Å²) < 4.78 is 27.1. The van der Waals surface area contributed by atoms with Crippen molar-refractivity contribution in [1.29, 1.82) is 0 Å². The predicted octanol–water partition coefficient (Wildman–Crippen LogP) is 1.90. The lowest BCUT2D eigenvalue weighted by Crippen LogP contribution is -2.15. The molecule has 140 valence electrons. The van der Waals surface area contributed by atoms with Crippen LogP contribution in [0.5, 0.6) is 0 Å². The van der Waals surface area contributed by atoms with E-state index in [4.69, 9.17) is 0 Å². The third-order valence-corrected chi connectivity index (χ3v) is 5.80. The zero-order valence-corrected chi connectivity index (χ0v) is 15.9. The zero-order chi connectivity index (χ0) is 19.6. The third-order valence-electron chi connectivity index (χ3n) is 3.47. The standard InChI is InChI=1S/C16H15N5O4S2/c1-9-7-8-17-15(18-9)21-27(24,25)12-5-3-11(4-6-12)20-14(22)13-10(2)19-16(23)26-13/h3-8H,1-2H3,(H,19,23)(H,20,22)(H,17,18,21). The summed E-state index contributed by atoms with van der Waals surface area (Å²) in [7, 11) is -3.86. The van der Waals surface area contributed by atoms with E-state index in [1.807, 2.05) is 0 Å². The molecule has 3 rings (SSSR count). The lowest BCUT2D eigenvalue weighted by molar-refractivity contribution is 0.103. The van der Waals surface area contributed by atoms with Crippen molar-refractivity contribution in [3.05, 3.63) is 62.5 Å². The highest BCUT2D eigenvalue weighted by molar-refractivity contribution is 7.92. The molecule has 11 heteroatoms. The van der Waals surface area contributed by atoms with Gasteiger partial charge in [0, 0.05) is 23.3 Å². The number of anilines is 2. The predicted molar refractivity (Wildman–Crippen MR) is 102 cm³/mol. The maximum absolute atomic E-state index is 12.4. The molecule has 2 aromatic heterocycles. The summed E-state index contributed by atoms with van der Waals surface area (Å²) in [5, 5.41) is 2.62. The van der Waals surface area contributed by atoms with Crippen molar-refractivity contribution in [3.63, 3.8) is 0 Å². The average molecular weight is 405 g/mol. The molecule has 0 fully saturated rings. The van der Waals surface area contributed by atoms with Crippen LogP contribution in [0.2, 0.25) is 0 Å². The molecule has 0 aliphatic carbocycles. The van der Waals surface area contributed by atoms with Gasteiger partial charge in [0.25, 0.3) is 15.9 Å². The Kier molecular flexibility index (Phi) is 5.06. The first kappa shape index (κ1) is 18.7. The van der Waals surface area contributed by atoms with E-state index in [0.29, 0.717) is 17.1 Å². The first-order valence-corrected chi connectivity index (χ1v) is 9.98. The van der Waals surface area contributed by atoms with Crippen LogP contribution < -0.4 is 14.9 Å². The molecule has 0 bridgehead atoms. The largest absolute Gasteiger partial charge is 0.321 e. The molecule has 9 nitrogen and oxygen atoms in total. The van der Waals surface area contributed by atoms with Crippen molar-refractivity contribution in [3.8, 4) is 0 Å². The van der Waals surface area contributed by atoms with Crippen molar-refractivity contribution in [2.24, 2.45) is 0 Å². The van der Waals surface area contributed by atoms with Gasteiger partial charge < -0.3 is 10.3 Å². The van der Waals surface area contributed by atoms with Gasteiger partial charge in [0.15, 0.2) is 0 Å². The SMILES string of the molecule is Cc1ccnc(NS(=O)(=O)c2ccc(NC(=O)c3sc(=O)[nH]c3C)cc2)n1. The van der Waals surface area contributed by atoms with Crippen LogP contribution in [0.3, 0.4) is 0 Å². The van der Waals surface area contributed by atoms with E-state index in [2.05, 4.69) is 25.0 Å². The Bertz CT molecular complexity index is 1150. The van der Waals surface area contributed by atoms with Gasteiger partial charge in [0.2, 0.25) is 5.95 Å². The molecule has 27 heavy (non-hydrogen) atoms. The van der Waals surface area contributed by atoms with Gasteiger partial charge in [-0.1, -0.05) is 11.3 Å². The average Bonchev–Trinajstić information content (AvgIpc) is 2.93. The number of sulfonamides is 1. The van der Waals surface area contributed by atoms with Crippen molar-refractivity contribution in [2.75, 3.05) is 10.0 Å². The Labute approximate surface area is 158 Å². The summed E-state index contributed by atoms with van der Waals surface area (Å²) in [6.07, 6.45) is 1.45. The van der Waals surface area contributed by atoms with Gasteiger partial charge in [-0.05, 0) is 44.2 Å². The summed E-state index contributed by atoms with van der Waals surface area (Å²) in [4.78, 5) is 33.8. The minimum atomic E-state index is -3.86. The molecular formula is C16H15N5O4S2. The number of carbonyl (C=O) groups excluding carboxylic acids is 1. The lowest BCUT2D eigenvalue weighted by atomic mass is 10.3. The molecule has 0 aliphatic heterocycles. The second kappa shape index (κ2) is 7.29. The fourth-order valence-corrected chi connectivity index (χ4v) is 3.89. The number of H-pyrrole nitrogens is 1. The van der Waals surface area contributed by atoms with Gasteiger partial charge in [0.05, 0.1) is 4.90 Å². The van der Waals surface area contributed by atoms with Crippen LogP contribution >= 0.6 is 11.3 Å². The Morgan fingerprint density at radius 1 is 1.15 bits per heavy atom. The number of hydrogen-bond donors (Lipinski definition) is 3. The molecule has 3 N–H and O–H groups in total. The minimum Gasteiger partial charge on any atom is -0.321 e. The molecule has 0 aliphatic rings. The molecule has 0 saturated carbocycles. The number of benzene rings is 1. The molecule has 1 aromatic carbocycles. The van der Waals surface area contributed by atoms with Crippen molar-refractivity contribution >= 4 is 38.9 Å². The van der Waals surface area contributed by atoms with Crippen LogP contribution in [-0.4, -0.2) is 29.3 Å². The number of aryl methyl sites for hydroxylation is 2. The highest BCUT2D eigenvalue weighted by Gasteiger charge is 2.17. The third kappa shape index (κ3) is 4.38. The number of carbonyl (C=O) groups is 1. The highest BCUT2D eigenvalue weighted by Crippen LogP contribution is 2.18. The topological polar surface area (TPSA) is 134 Å². The van der Waals surface area contributed by atoms with Crippen LogP contribution in [-0.2, 0) is 10.0 Å². The number of hydrogen-bond acceptors (Lipinski definition) is 7. The number of nitrogens with one attached hydrogen (secondary N) is 3. The number of thiazole rings is 1. The fourth-order valence-electron chi connectivity index (χ4n) is 2.20. The maximum atomic E-state index is 12.4. The molecule has 0 atom stereocenters. The number of nitrogens with zero attached hydrogens (tertiary/aromatic N) is 2. The normalized spacial score (nSPS) is 11.2. The van der Waals surface area contributed by atoms with E-state index in [9.17, 15) is 18.0 Å². The van der Waals surface area contributed by atoms with Crippen LogP contribution in [0.4, 0.5) is 11.6 Å². The molecule has 0 saturated heterocycles. The van der Waals surface area contributed by atoms with Crippen LogP contribution in [0.15, 0.2) is 46.2 Å². The minimum absolute atomic E-state index is 0.00640. The van der Waals surface area contributed by atoms with Crippen LogP contribution in [0.1, 0.15) is 21.1 Å². The van der Waals surface area contributed by atoms with Gasteiger partial charge in [-0.15, -0.1) is 0 Å². The van der Waals surface area contributed by atoms with Gasteiger partial charge in [0.1, 0.15) is 4.88 Å². The lowest BCUT2D eigenvalue weighted by Gasteiger charge is -2.08. The summed E-state index contributed by atoms with van der Waals surface area (Å²) in [6.45, 7) is 3.35. The number of aromatic amines is 1. The van der Waals surface area contributed by atoms with Gasteiger partial charge in [-0.2, -0.15) is 0 Å². The smallest absolute Gasteiger partial charge is 0.305 e. The first-order valence-electron chi connectivity index (χ1n) is 7.68. The summed E-state index contributed by atoms with van der Waals surface area (Å²) in [6, 6.07) is 7.25. The first-order chi connectivity index (χ1) is 12.7. The molecular weight excluding hydrogens is 390 g/mol. The number of aromatic nitrogens is 3. The molecule has 0 unspecified atom stereocenters. The molecule has 2 heterocycles. The maximum Gasteiger partial charge on any atom is 0.305 e. The van der Waals surface area contributed by atoms with Gasteiger partial charge in [-0.3, -0.25) is 9.59 Å². The van der Waals surface area contributed by atoms with E-state index in [1.165, 1.54) is 30.5 Å². The molecule has 3 aromatic rings. The number of amides is 1. The van der Waals surface area contributed by atoms with Gasteiger partial charge in [-0.25, -0.2) is 23.1 Å². The summed E-state index contributed by atoms with van der Waals surface area (Å²) >= 11 is 0.809. The summed E-state index contributed by atoms with van der Waals surface area (Å²) in [5.41, 5.74) is 1.50. The Hall–Kier alpha value is -3.05. The number of rotatable bonds is 5.